The van der Waals surface area contributed by atoms with Crippen LogP contribution < -0.4 is 5.14 Å². The molecule has 62 valence electrons. The summed E-state index contributed by atoms with van der Waals surface area (Å²) in [6.45, 7) is -2.23. The maximum Gasteiger partial charge on any atom is 0.398 e. The number of hydrogen-bond donors (Lipinski definition) is 1. The standard InChI is InChI=1S/C2H4F3NO3S/c3-1-2(4,5)9-10(6,7)8/h1H2,(H2,6,7,8). The molecule has 8 heteroatoms. The van der Waals surface area contributed by atoms with Crippen LogP contribution in [0.25, 0.3) is 0 Å². The maximum absolute atomic E-state index is 11.6. The molecule has 0 atom stereocenters. The largest absolute Gasteiger partial charge is 0.398 e. The minimum absolute atomic E-state index is 2.23. The summed E-state index contributed by atoms with van der Waals surface area (Å²) in [6.07, 6.45) is -4.35. The van der Waals surface area contributed by atoms with Gasteiger partial charge in [-0.25, -0.2) is 9.53 Å². The summed E-state index contributed by atoms with van der Waals surface area (Å²) in [5, 5.41) is 4.00. The van der Waals surface area contributed by atoms with Crippen LogP contribution in [-0.4, -0.2) is 21.2 Å². The van der Waals surface area contributed by atoms with Crippen LogP contribution in [0, 0.1) is 0 Å². The Bertz CT molecular complexity index is 200. The van der Waals surface area contributed by atoms with Crippen LogP contribution in [0.5, 0.6) is 0 Å². The summed E-state index contributed by atoms with van der Waals surface area (Å²) < 4.78 is 56.5. The summed E-state index contributed by atoms with van der Waals surface area (Å²) in [6, 6.07) is 0. The zero-order valence-corrected chi connectivity index (χ0v) is 5.37. The van der Waals surface area contributed by atoms with Crippen molar-refractivity contribution in [1.82, 2.24) is 0 Å². The van der Waals surface area contributed by atoms with E-state index in [1.807, 2.05) is 0 Å². The quantitative estimate of drug-likeness (QED) is 0.650. The molecular formula is C2H4F3NO3S. The summed E-state index contributed by atoms with van der Waals surface area (Å²) >= 11 is 0. The van der Waals surface area contributed by atoms with Crippen LogP contribution in [0.4, 0.5) is 13.2 Å². The van der Waals surface area contributed by atoms with Gasteiger partial charge in [-0.05, 0) is 0 Å². The Labute approximate surface area is 55.0 Å². The summed E-state index contributed by atoms with van der Waals surface area (Å²) in [5.41, 5.74) is 0. The molecule has 0 bridgehead atoms. The van der Waals surface area contributed by atoms with Crippen LogP contribution in [0.2, 0.25) is 0 Å². The lowest BCUT2D eigenvalue weighted by molar-refractivity contribution is -0.182. The van der Waals surface area contributed by atoms with Crippen LogP contribution >= 0.6 is 0 Å². The molecule has 2 N–H and O–H groups in total. The number of halogens is 3. The lowest BCUT2D eigenvalue weighted by atomic mass is 10.7. The Hall–Kier alpha value is -0.340. The lowest BCUT2D eigenvalue weighted by Crippen LogP contribution is -2.31. The highest BCUT2D eigenvalue weighted by Crippen LogP contribution is 2.16. The molecule has 10 heavy (non-hydrogen) atoms. The number of nitrogens with two attached hydrogens (primary N) is 1. The Morgan fingerprint density at radius 1 is 1.50 bits per heavy atom. The first-order valence-electron chi connectivity index (χ1n) is 1.94. The number of alkyl halides is 3. The third-order valence-corrected chi connectivity index (χ3v) is 0.870. The molecule has 0 heterocycles. The average Bonchev–Trinajstić information content (AvgIpc) is 1.60. The molecule has 0 aromatic rings. The van der Waals surface area contributed by atoms with E-state index >= 15 is 0 Å². The van der Waals surface area contributed by atoms with Gasteiger partial charge in [0.2, 0.25) is 0 Å². The van der Waals surface area contributed by atoms with Gasteiger partial charge in [-0.1, -0.05) is 0 Å². The van der Waals surface area contributed by atoms with E-state index in [0.29, 0.717) is 0 Å². The second-order valence-corrected chi connectivity index (χ2v) is 2.50. The highest BCUT2D eigenvalue weighted by atomic mass is 32.2. The molecule has 0 aliphatic heterocycles. The van der Waals surface area contributed by atoms with Gasteiger partial charge in [0.25, 0.3) is 0 Å². The Morgan fingerprint density at radius 2 is 1.90 bits per heavy atom. The van der Waals surface area contributed by atoms with Crippen molar-refractivity contribution in [2.75, 3.05) is 6.67 Å². The average molecular weight is 179 g/mol. The fourth-order valence-electron chi connectivity index (χ4n) is 0.192. The SMILES string of the molecule is NS(=O)(=O)OC(F)(F)CF. The van der Waals surface area contributed by atoms with Gasteiger partial charge in [-0.3, -0.25) is 0 Å². The molecule has 0 aliphatic rings. The molecule has 0 rings (SSSR count). The third-order valence-electron chi connectivity index (χ3n) is 0.394. The monoisotopic (exact) mass is 179 g/mol. The van der Waals surface area contributed by atoms with Gasteiger partial charge in [0.15, 0.2) is 6.67 Å². The number of rotatable bonds is 3. The van der Waals surface area contributed by atoms with Crippen molar-refractivity contribution in [3.63, 3.8) is 0 Å². The molecule has 0 radical (unpaired) electrons. The van der Waals surface area contributed by atoms with E-state index in [2.05, 4.69) is 9.32 Å². The Balaban J connectivity index is 4.16. The van der Waals surface area contributed by atoms with E-state index in [1.165, 1.54) is 0 Å². The van der Waals surface area contributed by atoms with E-state index in [9.17, 15) is 21.6 Å². The molecule has 0 amide bonds. The van der Waals surface area contributed by atoms with Crippen molar-refractivity contribution in [1.29, 1.82) is 0 Å². The fourth-order valence-corrected chi connectivity index (χ4v) is 0.577. The topological polar surface area (TPSA) is 69.4 Å². The smallest absolute Gasteiger partial charge is 0.241 e. The molecule has 0 saturated carbocycles. The summed E-state index contributed by atoms with van der Waals surface area (Å²) in [5.74, 6) is 0. The highest BCUT2D eigenvalue weighted by Gasteiger charge is 2.35. The first-order chi connectivity index (χ1) is 4.27. The van der Waals surface area contributed by atoms with Gasteiger partial charge >= 0.3 is 16.4 Å². The van der Waals surface area contributed by atoms with Crippen LogP contribution in [0.3, 0.4) is 0 Å². The van der Waals surface area contributed by atoms with E-state index in [-0.39, 0.29) is 0 Å². The molecule has 0 aromatic heterocycles. The predicted molar refractivity (Wildman–Crippen MR) is 25.1 cm³/mol. The van der Waals surface area contributed by atoms with Crippen LogP contribution in [-0.2, 0) is 14.5 Å². The minimum atomic E-state index is -4.78. The van der Waals surface area contributed by atoms with Crippen LogP contribution in [0.15, 0.2) is 0 Å². The van der Waals surface area contributed by atoms with Gasteiger partial charge in [-0.15, -0.1) is 0 Å². The van der Waals surface area contributed by atoms with E-state index in [4.69, 9.17) is 0 Å². The minimum Gasteiger partial charge on any atom is -0.241 e. The molecule has 0 saturated heterocycles. The zero-order valence-electron chi connectivity index (χ0n) is 4.55. The molecule has 0 aliphatic carbocycles. The van der Waals surface area contributed by atoms with Gasteiger partial charge in [0, 0.05) is 0 Å². The van der Waals surface area contributed by atoms with Crippen molar-refractivity contribution in [3.8, 4) is 0 Å². The second kappa shape index (κ2) is 2.72. The summed E-state index contributed by atoms with van der Waals surface area (Å²) in [4.78, 5) is 0. The van der Waals surface area contributed by atoms with Crippen LogP contribution in [0.1, 0.15) is 0 Å². The van der Waals surface area contributed by atoms with Gasteiger partial charge < -0.3 is 0 Å². The summed E-state index contributed by atoms with van der Waals surface area (Å²) in [7, 11) is -4.78. The second-order valence-electron chi connectivity index (χ2n) is 1.35. The first kappa shape index (κ1) is 9.66. The molecule has 0 unspecified atom stereocenters. The third kappa shape index (κ3) is 4.53. The van der Waals surface area contributed by atoms with Gasteiger partial charge in [-0.2, -0.15) is 21.4 Å². The van der Waals surface area contributed by atoms with E-state index in [1.54, 1.807) is 0 Å². The van der Waals surface area contributed by atoms with Crippen molar-refractivity contribution in [3.05, 3.63) is 0 Å². The number of hydrogen-bond acceptors (Lipinski definition) is 3. The zero-order chi connectivity index (χ0) is 8.41. The molecule has 0 aromatic carbocycles. The maximum atomic E-state index is 11.6. The van der Waals surface area contributed by atoms with Gasteiger partial charge in [0.1, 0.15) is 0 Å². The predicted octanol–water partition coefficient (Wildman–Crippen LogP) is -0.231. The highest BCUT2D eigenvalue weighted by molar-refractivity contribution is 7.84. The van der Waals surface area contributed by atoms with Crippen molar-refractivity contribution < 1.29 is 25.8 Å². The normalized spacial score (nSPS) is 13.6. The van der Waals surface area contributed by atoms with E-state index < -0.39 is 23.1 Å². The molecule has 0 fully saturated rings. The van der Waals surface area contributed by atoms with Crippen molar-refractivity contribution in [2.24, 2.45) is 5.14 Å². The Kier molecular flexibility index (Phi) is 2.63. The molecule has 0 spiro atoms. The first-order valence-corrected chi connectivity index (χ1v) is 3.41. The van der Waals surface area contributed by atoms with E-state index in [0.717, 1.165) is 0 Å². The molecule has 4 nitrogen and oxygen atoms in total. The fraction of sp³-hybridized carbons (Fsp3) is 1.00. The van der Waals surface area contributed by atoms with Crippen molar-refractivity contribution in [2.45, 2.75) is 6.11 Å². The molecular weight excluding hydrogens is 175 g/mol. The Morgan fingerprint density at radius 3 is 2.00 bits per heavy atom. The lowest BCUT2D eigenvalue weighted by Gasteiger charge is -2.08. The van der Waals surface area contributed by atoms with Gasteiger partial charge in [0.05, 0.1) is 0 Å². The van der Waals surface area contributed by atoms with Crippen molar-refractivity contribution >= 4 is 10.3 Å².